The van der Waals surface area contributed by atoms with Gasteiger partial charge in [-0.1, -0.05) is 18.6 Å². The molecular formula is C16H22N2O2. The Kier molecular flexibility index (Phi) is 4.03. The molecule has 1 amide bonds. The first-order valence-corrected chi connectivity index (χ1v) is 7.53. The second kappa shape index (κ2) is 5.94. The van der Waals surface area contributed by atoms with Gasteiger partial charge in [0.1, 0.15) is 0 Å². The lowest BCUT2D eigenvalue weighted by atomic mass is 9.99. The van der Waals surface area contributed by atoms with Crippen LogP contribution in [0.3, 0.4) is 0 Å². The summed E-state index contributed by atoms with van der Waals surface area (Å²) in [5.41, 5.74) is 3.24. The summed E-state index contributed by atoms with van der Waals surface area (Å²) in [6.07, 6.45) is 5.12. The van der Waals surface area contributed by atoms with Gasteiger partial charge in [0.25, 0.3) is 0 Å². The number of anilines is 1. The van der Waals surface area contributed by atoms with Crippen LogP contribution in [0.2, 0.25) is 0 Å². The van der Waals surface area contributed by atoms with Crippen LogP contribution in [0.1, 0.15) is 30.4 Å². The largest absolute Gasteiger partial charge is 0.395 e. The first kappa shape index (κ1) is 13.6. The van der Waals surface area contributed by atoms with Crippen LogP contribution in [-0.4, -0.2) is 41.7 Å². The Hall–Kier alpha value is -1.39. The lowest BCUT2D eigenvalue weighted by Crippen LogP contribution is -2.42. The van der Waals surface area contributed by atoms with Crippen molar-refractivity contribution in [1.82, 2.24) is 4.90 Å². The zero-order valence-electron chi connectivity index (χ0n) is 11.8. The number of fused-ring (bicyclic) bond motifs is 1. The zero-order valence-corrected chi connectivity index (χ0v) is 11.8. The summed E-state index contributed by atoms with van der Waals surface area (Å²) in [5.74, 6) is 0.0758. The molecule has 0 aromatic heterocycles. The number of hydrogen-bond donors (Lipinski definition) is 2. The molecule has 1 fully saturated rings. The molecule has 1 unspecified atom stereocenters. The summed E-state index contributed by atoms with van der Waals surface area (Å²) in [6.45, 7) is 2.39. The van der Waals surface area contributed by atoms with Gasteiger partial charge in [0.15, 0.2) is 0 Å². The molecule has 1 saturated heterocycles. The van der Waals surface area contributed by atoms with Crippen LogP contribution in [0.4, 0.5) is 5.69 Å². The van der Waals surface area contributed by atoms with Crippen molar-refractivity contribution < 1.29 is 9.90 Å². The standard InChI is InChI=1S/C16H22N2O2/c19-11-14(18-6-2-1-3-7-18)9-12-4-5-15-13(8-12)10-16(20)17-15/h4-5,8,14,19H,1-3,6-7,9-11H2,(H,17,20). The fourth-order valence-electron chi connectivity index (χ4n) is 3.27. The molecule has 2 heterocycles. The molecule has 1 aromatic carbocycles. The molecule has 3 rings (SSSR count). The van der Waals surface area contributed by atoms with Crippen molar-refractivity contribution in [3.8, 4) is 0 Å². The minimum atomic E-state index is 0.0758. The monoisotopic (exact) mass is 274 g/mol. The number of hydrogen-bond acceptors (Lipinski definition) is 3. The third kappa shape index (κ3) is 2.86. The first-order chi connectivity index (χ1) is 9.76. The average molecular weight is 274 g/mol. The smallest absolute Gasteiger partial charge is 0.228 e. The quantitative estimate of drug-likeness (QED) is 0.876. The van der Waals surface area contributed by atoms with Crippen LogP contribution in [0.5, 0.6) is 0 Å². The van der Waals surface area contributed by atoms with Gasteiger partial charge in [0.2, 0.25) is 5.91 Å². The molecule has 1 atom stereocenters. The molecule has 0 aliphatic carbocycles. The molecule has 0 bridgehead atoms. The van der Waals surface area contributed by atoms with Crippen molar-refractivity contribution in [3.63, 3.8) is 0 Å². The van der Waals surface area contributed by atoms with E-state index in [1.165, 1.54) is 24.8 Å². The van der Waals surface area contributed by atoms with Gasteiger partial charge in [-0.05, 0) is 49.5 Å². The maximum Gasteiger partial charge on any atom is 0.228 e. The Bertz CT molecular complexity index is 495. The van der Waals surface area contributed by atoms with E-state index in [2.05, 4.69) is 22.3 Å². The van der Waals surface area contributed by atoms with Gasteiger partial charge in [0.05, 0.1) is 13.0 Å². The molecule has 4 nitrogen and oxygen atoms in total. The van der Waals surface area contributed by atoms with Crippen molar-refractivity contribution in [2.24, 2.45) is 0 Å². The van der Waals surface area contributed by atoms with Crippen molar-refractivity contribution in [2.75, 3.05) is 25.0 Å². The van der Waals surface area contributed by atoms with Crippen molar-refractivity contribution in [2.45, 2.75) is 38.1 Å². The molecule has 2 aliphatic heterocycles. The number of aliphatic hydroxyl groups is 1. The van der Waals surface area contributed by atoms with Crippen LogP contribution in [0.25, 0.3) is 0 Å². The van der Waals surface area contributed by atoms with Crippen molar-refractivity contribution in [1.29, 1.82) is 0 Å². The number of nitrogens with one attached hydrogen (secondary N) is 1. The number of aliphatic hydroxyl groups excluding tert-OH is 1. The number of benzene rings is 1. The number of nitrogens with zero attached hydrogens (tertiary/aromatic N) is 1. The van der Waals surface area contributed by atoms with Gasteiger partial charge >= 0.3 is 0 Å². The number of rotatable bonds is 4. The van der Waals surface area contributed by atoms with E-state index in [0.29, 0.717) is 6.42 Å². The molecule has 20 heavy (non-hydrogen) atoms. The second-order valence-corrected chi connectivity index (χ2v) is 5.85. The van der Waals surface area contributed by atoms with Crippen LogP contribution < -0.4 is 5.32 Å². The molecular weight excluding hydrogens is 252 g/mol. The lowest BCUT2D eigenvalue weighted by molar-refractivity contribution is -0.115. The molecule has 0 saturated carbocycles. The minimum absolute atomic E-state index is 0.0758. The summed E-state index contributed by atoms with van der Waals surface area (Å²) in [4.78, 5) is 13.8. The molecule has 4 heteroatoms. The van der Waals surface area contributed by atoms with E-state index >= 15 is 0 Å². The summed E-state index contributed by atoms with van der Waals surface area (Å²) in [5, 5.41) is 12.5. The predicted octanol–water partition coefficient (Wildman–Crippen LogP) is 1.57. The van der Waals surface area contributed by atoms with Crippen LogP contribution in [0.15, 0.2) is 18.2 Å². The maximum absolute atomic E-state index is 11.4. The third-order valence-electron chi connectivity index (χ3n) is 4.38. The summed E-state index contributed by atoms with van der Waals surface area (Å²) in [7, 11) is 0. The summed E-state index contributed by atoms with van der Waals surface area (Å²) in [6, 6.07) is 6.37. The average Bonchev–Trinajstić information content (AvgIpc) is 2.85. The van der Waals surface area contributed by atoms with E-state index in [1.807, 2.05) is 6.07 Å². The fraction of sp³-hybridized carbons (Fsp3) is 0.562. The number of likely N-dealkylation sites (tertiary alicyclic amines) is 1. The van der Waals surface area contributed by atoms with E-state index in [9.17, 15) is 9.90 Å². The number of piperidine rings is 1. The molecule has 1 aromatic rings. The van der Waals surface area contributed by atoms with E-state index in [1.54, 1.807) is 0 Å². The van der Waals surface area contributed by atoms with Gasteiger partial charge in [-0.25, -0.2) is 0 Å². The van der Waals surface area contributed by atoms with Gasteiger partial charge in [-0.15, -0.1) is 0 Å². The molecule has 0 radical (unpaired) electrons. The minimum Gasteiger partial charge on any atom is -0.395 e. The Morgan fingerprint density at radius 2 is 2.05 bits per heavy atom. The second-order valence-electron chi connectivity index (χ2n) is 5.85. The van der Waals surface area contributed by atoms with Gasteiger partial charge in [-0.2, -0.15) is 0 Å². The van der Waals surface area contributed by atoms with Crippen LogP contribution in [0, 0.1) is 0 Å². The lowest BCUT2D eigenvalue weighted by Gasteiger charge is -2.33. The van der Waals surface area contributed by atoms with Crippen molar-refractivity contribution >= 4 is 11.6 Å². The number of carbonyl (C=O) groups excluding carboxylic acids is 1. The fourth-order valence-corrected chi connectivity index (χ4v) is 3.27. The Morgan fingerprint density at radius 3 is 2.80 bits per heavy atom. The third-order valence-corrected chi connectivity index (χ3v) is 4.38. The normalized spacial score (nSPS) is 20.6. The Balaban J connectivity index is 1.70. The topological polar surface area (TPSA) is 52.6 Å². The number of carbonyl (C=O) groups is 1. The van der Waals surface area contributed by atoms with Crippen LogP contribution in [-0.2, 0) is 17.6 Å². The van der Waals surface area contributed by atoms with E-state index in [4.69, 9.17) is 0 Å². The molecule has 0 spiro atoms. The molecule has 2 aliphatic rings. The highest BCUT2D eigenvalue weighted by Gasteiger charge is 2.22. The predicted molar refractivity (Wildman–Crippen MR) is 78.8 cm³/mol. The highest BCUT2D eigenvalue weighted by Crippen LogP contribution is 2.25. The van der Waals surface area contributed by atoms with Crippen molar-refractivity contribution in [3.05, 3.63) is 29.3 Å². The van der Waals surface area contributed by atoms with Crippen LogP contribution >= 0.6 is 0 Å². The number of amides is 1. The van der Waals surface area contributed by atoms with E-state index in [-0.39, 0.29) is 18.6 Å². The summed E-state index contributed by atoms with van der Waals surface area (Å²) >= 11 is 0. The van der Waals surface area contributed by atoms with Gasteiger partial charge in [-0.3, -0.25) is 9.69 Å². The van der Waals surface area contributed by atoms with E-state index < -0.39 is 0 Å². The zero-order chi connectivity index (χ0) is 13.9. The maximum atomic E-state index is 11.4. The summed E-state index contributed by atoms with van der Waals surface area (Å²) < 4.78 is 0. The SMILES string of the molecule is O=C1Cc2cc(CC(CO)N3CCCCC3)ccc2N1. The highest BCUT2D eigenvalue weighted by atomic mass is 16.3. The molecule has 2 N–H and O–H groups in total. The Labute approximate surface area is 119 Å². The van der Waals surface area contributed by atoms with E-state index in [0.717, 1.165) is 30.8 Å². The van der Waals surface area contributed by atoms with Gasteiger partial charge < -0.3 is 10.4 Å². The molecule has 108 valence electrons. The van der Waals surface area contributed by atoms with Gasteiger partial charge in [0, 0.05) is 11.7 Å². The Morgan fingerprint density at radius 1 is 1.25 bits per heavy atom. The first-order valence-electron chi connectivity index (χ1n) is 7.53. The highest BCUT2D eigenvalue weighted by molar-refractivity contribution is 5.99.